The van der Waals surface area contributed by atoms with E-state index in [1.54, 1.807) is 18.2 Å². The van der Waals surface area contributed by atoms with Gasteiger partial charge in [-0.2, -0.15) is 0 Å². The van der Waals surface area contributed by atoms with Crippen molar-refractivity contribution in [1.82, 2.24) is 4.90 Å². The average Bonchev–Trinajstić information content (AvgIpc) is 2.89. The Bertz CT molecular complexity index is 1020. The van der Waals surface area contributed by atoms with Gasteiger partial charge in [0.15, 0.2) is 0 Å². The molecule has 2 aromatic rings. The van der Waals surface area contributed by atoms with Gasteiger partial charge in [-0.25, -0.2) is 0 Å². The van der Waals surface area contributed by atoms with Crippen LogP contribution in [0.5, 0.6) is 0 Å². The maximum absolute atomic E-state index is 12.6. The number of nitrogens with zero attached hydrogens (tertiary/aromatic N) is 1. The number of benzene rings is 2. The number of hydrogen-bond donors (Lipinski definition) is 1. The van der Waals surface area contributed by atoms with Crippen molar-refractivity contribution in [2.75, 3.05) is 11.9 Å². The zero-order valence-electron chi connectivity index (χ0n) is 15.1. The van der Waals surface area contributed by atoms with Crippen LogP contribution in [-0.4, -0.2) is 28.5 Å². The summed E-state index contributed by atoms with van der Waals surface area (Å²) in [6.07, 6.45) is 1.50. The minimum absolute atomic E-state index is 0.189. The first-order valence-corrected chi connectivity index (χ1v) is 9.90. The summed E-state index contributed by atoms with van der Waals surface area (Å²) in [5.41, 5.74) is 3.06. The van der Waals surface area contributed by atoms with Crippen molar-refractivity contribution in [2.24, 2.45) is 0 Å². The molecular formula is C20H16Cl2N2O3S. The number of amides is 3. The predicted octanol–water partition coefficient (Wildman–Crippen LogP) is 5.29. The highest BCUT2D eigenvalue weighted by atomic mass is 35.5. The number of halogens is 2. The second-order valence-electron chi connectivity index (χ2n) is 6.28. The molecule has 28 heavy (non-hydrogen) atoms. The van der Waals surface area contributed by atoms with Gasteiger partial charge in [0.05, 0.1) is 15.0 Å². The molecule has 1 aliphatic rings. The number of nitrogens with one attached hydrogen (secondary N) is 1. The third-order valence-corrected chi connectivity index (χ3v) is 5.85. The number of thioether (sulfide) groups is 1. The second-order valence-corrected chi connectivity index (χ2v) is 8.06. The van der Waals surface area contributed by atoms with Crippen molar-refractivity contribution in [2.45, 2.75) is 13.8 Å². The molecule has 1 N–H and O–H groups in total. The highest BCUT2D eigenvalue weighted by molar-refractivity contribution is 8.18. The number of carbonyl (C=O) groups excluding carboxylic acids is 3. The minimum Gasteiger partial charge on any atom is -0.324 e. The molecule has 5 nitrogen and oxygen atoms in total. The summed E-state index contributed by atoms with van der Waals surface area (Å²) in [6.45, 7) is 3.42. The number of rotatable bonds is 4. The van der Waals surface area contributed by atoms with Crippen molar-refractivity contribution in [3.8, 4) is 0 Å². The van der Waals surface area contributed by atoms with Crippen LogP contribution in [0.4, 0.5) is 10.5 Å². The molecule has 3 rings (SSSR count). The second kappa shape index (κ2) is 8.39. The van der Waals surface area contributed by atoms with Crippen LogP contribution in [-0.2, 0) is 9.59 Å². The number of anilines is 1. The summed E-state index contributed by atoms with van der Waals surface area (Å²) in [4.78, 5) is 38.3. The third-order valence-electron chi connectivity index (χ3n) is 4.11. The van der Waals surface area contributed by atoms with Crippen LogP contribution in [0.15, 0.2) is 41.3 Å². The van der Waals surface area contributed by atoms with Gasteiger partial charge in [0.1, 0.15) is 6.54 Å². The number of carbonyl (C=O) groups is 3. The largest absolute Gasteiger partial charge is 0.324 e. The van der Waals surface area contributed by atoms with Crippen molar-refractivity contribution in [1.29, 1.82) is 0 Å². The Balaban J connectivity index is 1.75. The third kappa shape index (κ3) is 4.41. The molecule has 1 aliphatic heterocycles. The van der Waals surface area contributed by atoms with Crippen molar-refractivity contribution < 1.29 is 14.4 Å². The van der Waals surface area contributed by atoms with Gasteiger partial charge in [0.2, 0.25) is 5.91 Å². The maximum Gasteiger partial charge on any atom is 0.294 e. The van der Waals surface area contributed by atoms with Crippen LogP contribution in [0.3, 0.4) is 0 Å². The zero-order chi connectivity index (χ0) is 20.4. The lowest BCUT2D eigenvalue weighted by Crippen LogP contribution is -2.36. The Morgan fingerprint density at radius 2 is 1.93 bits per heavy atom. The molecule has 0 saturated carbocycles. The average molecular weight is 435 g/mol. The first kappa shape index (κ1) is 20.5. The van der Waals surface area contributed by atoms with Gasteiger partial charge < -0.3 is 5.32 Å². The van der Waals surface area contributed by atoms with E-state index in [2.05, 4.69) is 5.32 Å². The molecule has 0 unspecified atom stereocenters. The zero-order valence-corrected chi connectivity index (χ0v) is 17.4. The Morgan fingerprint density at radius 3 is 2.68 bits per heavy atom. The van der Waals surface area contributed by atoms with Crippen LogP contribution in [0, 0.1) is 13.8 Å². The fourth-order valence-electron chi connectivity index (χ4n) is 2.61. The topological polar surface area (TPSA) is 66.5 Å². The summed E-state index contributed by atoms with van der Waals surface area (Å²) in [7, 11) is 0. The molecule has 0 aliphatic carbocycles. The Kier molecular flexibility index (Phi) is 6.13. The molecule has 2 aromatic carbocycles. The number of aryl methyl sites for hydroxylation is 2. The lowest BCUT2D eigenvalue weighted by atomic mass is 10.1. The summed E-state index contributed by atoms with van der Waals surface area (Å²) in [5, 5.41) is 2.88. The minimum atomic E-state index is -0.540. The van der Waals surface area contributed by atoms with Crippen molar-refractivity contribution >= 4 is 63.8 Å². The van der Waals surface area contributed by atoms with Gasteiger partial charge in [-0.3, -0.25) is 19.3 Å². The van der Waals surface area contributed by atoms with Gasteiger partial charge in [-0.05, 0) is 60.5 Å². The van der Waals surface area contributed by atoms with E-state index in [1.165, 1.54) is 6.08 Å². The smallest absolute Gasteiger partial charge is 0.294 e. The molecule has 1 fully saturated rings. The van der Waals surface area contributed by atoms with E-state index in [0.29, 0.717) is 21.3 Å². The van der Waals surface area contributed by atoms with Gasteiger partial charge in [0.25, 0.3) is 11.1 Å². The normalized spacial score (nSPS) is 15.4. The van der Waals surface area contributed by atoms with Crippen molar-refractivity contribution in [3.05, 3.63) is 68.0 Å². The summed E-state index contributed by atoms with van der Waals surface area (Å²) in [5.74, 6) is -0.986. The Hall–Kier alpha value is -2.28. The van der Waals surface area contributed by atoms with E-state index in [9.17, 15) is 14.4 Å². The Morgan fingerprint density at radius 1 is 1.18 bits per heavy atom. The maximum atomic E-state index is 12.6. The highest BCUT2D eigenvalue weighted by Crippen LogP contribution is 2.35. The quantitative estimate of drug-likeness (QED) is 0.664. The SMILES string of the molecule is Cc1ccc(C)c(NC(=O)CN2C(=O)S/C(=C/c3cccc(Cl)c3Cl)C2=O)c1. The number of hydrogen-bond acceptors (Lipinski definition) is 4. The van der Waals surface area contributed by atoms with Gasteiger partial charge in [-0.15, -0.1) is 0 Å². The van der Waals surface area contributed by atoms with E-state index in [4.69, 9.17) is 23.2 Å². The molecule has 0 spiro atoms. The van der Waals surface area contributed by atoms with E-state index in [0.717, 1.165) is 27.8 Å². The lowest BCUT2D eigenvalue weighted by molar-refractivity contribution is -0.127. The van der Waals surface area contributed by atoms with Gasteiger partial charge >= 0.3 is 0 Å². The van der Waals surface area contributed by atoms with Crippen LogP contribution in [0.25, 0.3) is 6.08 Å². The molecule has 0 bridgehead atoms. The fraction of sp³-hybridized carbons (Fsp3) is 0.150. The molecule has 144 valence electrons. The molecule has 0 aromatic heterocycles. The first-order chi connectivity index (χ1) is 13.3. The van der Waals surface area contributed by atoms with Crippen LogP contribution in [0.2, 0.25) is 10.0 Å². The monoisotopic (exact) mass is 434 g/mol. The first-order valence-electron chi connectivity index (χ1n) is 8.32. The van der Waals surface area contributed by atoms with E-state index < -0.39 is 17.1 Å². The van der Waals surface area contributed by atoms with Crippen LogP contribution >= 0.6 is 35.0 Å². The summed E-state index contributed by atoms with van der Waals surface area (Å²) >= 11 is 12.9. The molecule has 1 saturated heterocycles. The van der Waals surface area contributed by atoms with Crippen LogP contribution < -0.4 is 5.32 Å². The molecule has 1 heterocycles. The van der Waals surface area contributed by atoms with E-state index in [-0.39, 0.29) is 11.4 Å². The predicted molar refractivity (Wildman–Crippen MR) is 114 cm³/mol. The molecule has 3 amide bonds. The van der Waals surface area contributed by atoms with E-state index >= 15 is 0 Å². The van der Waals surface area contributed by atoms with E-state index in [1.807, 2.05) is 32.0 Å². The van der Waals surface area contributed by atoms with Gasteiger partial charge in [0, 0.05) is 5.69 Å². The summed E-state index contributed by atoms with van der Waals surface area (Å²) in [6, 6.07) is 10.7. The lowest BCUT2D eigenvalue weighted by Gasteiger charge is -2.14. The molecular weight excluding hydrogens is 419 g/mol. The summed E-state index contributed by atoms with van der Waals surface area (Å²) < 4.78 is 0. The molecule has 0 radical (unpaired) electrons. The standard InChI is InChI=1S/C20H16Cl2N2O3S/c1-11-6-7-12(2)15(8-11)23-17(25)10-24-19(26)16(28-20(24)27)9-13-4-3-5-14(21)18(13)22/h3-9H,10H2,1-2H3,(H,23,25)/b16-9+. The number of imide groups is 1. The molecule has 0 atom stereocenters. The fourth-order valence-corrected chi connectivity index (χ4v) is 3.80. The molecule has 8 heteroatoms. The van der Waals surface area contributed by atoms with Crippen molar-refractivity contribution in [3.63, 3.8) is 0 Å². The Labute approximate surface area is 176 Å². The van der Waals surface area contributed by atoms with Gasteiger partial charge in [-0.1, -0.05) is 47.5 Å². The van der Waals surface area contributed by atoms with Crippen LogP contribution in [0.1, 0.15) is 16.7 Å². The highest BCUT2D eigenvalue weighted by Gasteiger charge is 2.36.